The molecule has 1 amide bonds. The number of carbonyl (C=O) groups excluding carboxylic acids is 1. The van der Waals surface area contributed by atoms with E-state index in [1.807, 2.05) is 0 Å². The van der Waals surface area contributed by atoms with E-state index in [1.54, 1.807) is 6.07 Å². The number of benzene rings is 2. The SMILES string of the molecule is COc1ccc(/C=C/C(=N)c2cc(NC(=O)c3ccco3)c(F)cc2N)cc1F. The molecule has 0 unspecified atom stereocenters. The molecule has 6 nitrogen and oxygen atoms in total. The average Bonchev–Trinajstić information content (AvgIpc) is 3.23. The Bertz CT molecular complexity index is 1090. The largest absolute Gasteiger partial charge is 0.494 e. The molecule has 8 heteroatoms. The lowest BCUT2D eigenvalue weighted by Gasteiger charge is -2.10. The number of nitrogens with two attached hydrogens (primary N) is 1. The second-order valence-corrected chi connectivity index (χ2v) is 5.99. The van der Waals surface area contributed by atoms with Crippen LogP contribution < -0.4 is 15.8 Å². The lowest BCUT2D eigenvalue weighted by atomic mass is 10.0. The quantitative estimate of drug-likeness (QED) is 0.422. The van der Waals surface area contributed by atoms with Gasteiger partial charge in [-0.2, -0.15) is 0 Å². The Morgan fingerprint density at radius 3 is 2.66 bits per heavy atom. The molecule has 3 rings (SSSR count). The third-order valence-corrected chi connectivity index (χ3v) is 4.04. The molecule has 0 fully saturated rings. The molecule has 148 valence electrons. The number of furan rings is 1. The van der Waals surface area contributed by atoms with Crippen molar-refractivity contribution < 1.29 is 22.7 Å². The van der Waals surface area contributed by atoms with Gasteiger partial charge in [-0.05, 0) is 48.0 Å². The third-order valence-electron chi connectivity index (χ3n) is 4.04. The van der Waals surface area contributed by atoms with Crippen molar-refractivity contribution in [1.29, 1.82) is 5.41 Å². The summed E-state index contributed by atoms with van der Waals surface area (Å²) in [6, 6.07) is 9.58. The molecule has 0 atom stereocenters. The van der Waals surface area contributed by atoms with Crippen LogP contribution in [-0.4, -0.2) is 18.7 Å². The number of hydrogen-bond acceptors (Lipinski definition) is 5. The highest BCUT2D eigenvalue weighted by Crippen LogP contribution is 2.24. The van der Waals surface area contributed by atoms with Crippen LogP contribution in [0.5, 0.6) is 5.75 Å². The summed E-state index contributed by atoms with van der Waals surface area (Å²) >= 11 is 0. The van der Waals surface area contributed by atoms with E-state index in [2.05, 4.69) is 5.32 Å². The molecule has 29 heavy (non-hydrogen) atoms. The molecule has 0 aliphatic carbocycles. The highest BCUT2D eigenvalue weighted by molar-refractivity contribution is 6.13. The maximum Gasteiger partial charge on any atom is 0.291 e. The van der Waals surface area contributed by atoms with Gasteiger partial charge in [-0.1, -0.05) is 12.1 Å². The number of amides is 1. The molecular formula is C21H17F2N3O3. The fourth-order valence-electron chi connectivity index (χ4n) is 2.56. The number of anilines is 2. The Morgan fingerprint density at radius 1 is 1.21 bits per heavy atom. The topological polar surface area (TPSA) is 101 Å². The third kappa shape index (κ3) is 4.49. The first-order valence-corrected chi connectivity index (χ1v) is 8.43. The first-order chi connectivity index (χ1) is 13.9. The van der Waals surface area contributed by atoms with E-state index < -0.39 is 17.5 Å². The van der Waals surface area contributed by atoms with E-state index in [9.17, 15) is 13.6 Å². The minimum atomic E-state index is -0.750. The van der Waals surface area contributed by atoms with Crippen molar-refractivity contribution in [2.24, 2.45) is 0 Å². The molecule has 4 N–H and O–H groups in total. The average molecular weight is 397 g/mol. The van der Waals surface area contributed by atoms with Crippen molar-refractivity contribution in [2.45, 2.75) is 0 Å². The van der Waals surface area contributed by atoms with Crippen LogP contribution in [-0.2, 0) is 0 Å². The van der Waals surface area contributed by atoms with Gasteiger partial charge in [-0.15, -0.1) is 0 Å². The number of rotatable bonds is 6. The molecule has 2 aromatic carbocycles. The molecule has 0 aliphatic rings. The van der Waals surface area contributed by atoms with Crippen LogP contribution in [0.1, 0.15) is 21.7 Å². The van der Waals surface area contributed by atoms with Gasteiger partial charge in [0.1, 0.15) is 5.82 Å². The molecule has 0 aliphatic heterocycles. The van der Waals surface area contributed by atoms with Crippen LogP contribution in [0.2, 0.25) is 0 Å². The molecule has 0 spiro atoms. The van der Waals surface area contributed by atoms with Gasteiger partial charge in [0, 0.05) is 11.3 Å². The van der Waals surface area contributed by atoms with Gasteiger partial charge in [0.25, 0.3) is 5.91 Å². The number of nitrogen functional groups attached to an aromatic ring is 1. The monoisotopic (exact) mass is 397 g/mol. The van der Waals surface area contributed by atoms with E-state index in [0.717, 1.165) is 6.07 Å². The molecule has 0 saturated heterocycles. The summed E-state index contributed by atoms with van der Waals surface area (Å²) in [4.78, 5) is 12.1. The van der Waals surface area contributed by atoms with E-state index in [0.29, 0.717) is 5.56 Å². The summed E-state index contributed by atoms with van der Waals surface area (Å²) in [7, 11) is 1.36. The van der Waals surface area contributed by atoms with Crippen LogP contribution in [0.4, 0.5) is 20.2 Å². The summed E-state index contributed by atoms with van der Waals surface area (Å²) < 4.78 is 37.8. The molecule has 0 saturated carbocycles. The Morgan fingerprint density at radius 2 is 2.00 bits per heavy atom. The molecule has 0 radical (unpaired) electrons. The zero-order valence-corrected chi connectivity index (χ0v) is 15.3. The van der Waals surface area contributed by atoms with Crippen molar-refractivity contribution in [3.63, 3.8) is 0 Å². The van der Waals surface area contributed by atoms with Crippen LogP contribution in [0.25, 0.3) is 6.08 Å². The van der Waals surface area contributed by atoms with Crippen LogP contribution in [0, 0.1) is 17.0 Å². The minimum absolute atomic E-state index is 0.0132. The van der Waals surface area contributed by atoms with E-state index in [-0.39, 0.29) is 34.2 Å². The summed E-state index contributed by atoms with van der Waals surface area (Å²) in [5.74, 6) is -1.80. The Balaban J connectivity index is 1.83. The van der Waals surface area contributed by atoms with Crippen molar-refractivity contribution in [3.05, 3.63) is 83.3 Å². The minimum Gasteiger partial charge on any atom is -0.494 e. The van der Waals surface area contributed by atoms with Gasteiger partial charge in [0.2, 0.25) is 0 Å². The fraction of sp³-hybridized carbons (Fsp3) is 0.0476. The summed E-state index contributed by atoms with van der Waals surface area (Å²) in [5.41, 5.74) is 6.35. The second-order valence-electron chi connectivity index (χ2n) is 5.99. The first-order valence-electron chi connectivity index (χ1n) is 8.43. The van der Waals surface area contributed by atoms with Gasteiger partial charge in [0.05, 0.1) is 24.8 Å². The molecular weight excluding hydrogens is 380 g/mol. The van der Waals surface area contributed by atoms with Crippen LogP contribution in [0.3, 0.4) is 0 Å². The van der Waals surface area contributed by atoms with Crippen molar-refractivity contribution in [1.82, 2.24) is 0 Å². The molecule has 3 aromatic rings. The summed E-state index contributed by atoms with van der Waals surface area (Å²) in [6.07, 6.45) is 4.22. The Labute approximate surface area is 165 Å². The second kappa shape index (κ2) is 8.39. The van der Waals surface area contributed by atoms with Crippen molar-refractivity contribution in [2.75, 3.05) is 18.2 Å². The van der Waals surface area contributed by atoms with Crippen molar-refractivity contribution in [3.8, 4) is 5.75 Å². The smallest absolute Gasteiger partial charge is 0.291 e. The zero-order chi connectivity index (χ0) is 21.0. The van der Waals surface area contributed by atoms with E-state index in [4.69, 9.17) is 20.3 Å². The summed E-state index contributed by atoms with van der Waals surface area (Å²) in [5, 5.41) is 10.6. The van der Waals surface area contributed by atoms with Crippen LogP contribution in [0.15, 0.2) is 59.2 Å². The predicted octanol–water partition coefficient (Wildman–Crippen LogP) is 4.48. The number of carbonyl (C=O) groups is 1. The predicted molar refractivity (Wildman–Crippen MR) is 106 cm³/mol. The van der Waals surface area contributed by atoms with Gasteiger partial charge >= 0.3 is 0 Å². The molecule has 1 heterocycles. The van der Waals surface area contributed by atoms with E-state index >= 15 is 0 Å². The number of halogens is 2. The van der Waals surface area contributed by atoms with Gasteiger partial charge in [-0.3, -0.25) is 4.79 Å². The zero-order valence-electron chi connectivity index (χ0n) is 15.3. The highest BCUT2D eigenvalue weighted by Gasteiger charge is 2.15. The molecule has 1 aromatic heterocycles. The fourth-order valence-corrected chi connectivity index (χ4v) is 2.56. The lowest BCUT2D eigenvalue weighted by molar-refractivity contribution is 0.0996. The van der Waals surface area contributed by atoms with Gasteiger partial charge < -0.3 is 25.6 Å². The number of hydrogen-bond donors (Lipinski definition) is 3. The molecule has 0 bridgehead atoms. The van der Waals surface area contributed by atoms with Gasteiger partial charge in [0.15, 0.2) is 17.3 Å². The summed E-state index contributed by atoms with van der Waals surface area (Å²) in [6.45, 7) is 0. The number of methoxy groups -OCH3 is 1. The van der Waals surface area contributed by atoms with Crippen LogP contribution >= 0.6 is 0 Å². The Kier molecular flexibility index (Phi) is 5.73. The highest BCUT2D eigenvalue weighted by atomic mass is 19.1. The first kappa shape index (κ1) is 19.8. The standard InChI is InChI=1S/C21H17F2N3O3/c1-28-19-7-5-12(9-15(19)23)4-6-16(24)13-10-18(14(22)11-17(13)25)26-21(27)20-3-2-8-29-20/h2-11,24H,25H2,1H3,(H,26,27)/b6-4+,24-16?. The normalized spacial score (nSPS) is 10.9. The Hall–Kier alpha value is -3.94. The lowest BCUT2D eigenvalue weighted by Crippen LogP contribution is -2.13. The van der Waals surface area contributed by atoms with Crippen molar-refractivity contribution >= 4 is 29.1 Å². The number of allylic oxidation sites excluding steroid dienone is 1. The number of ether oxygens (including phenoxy) is 1. The van der Waals surface area contributed by atoms with E-state index in [1.165, 1.54) is 55.9 Å². The van der Waals surface area contributed by atoms with Gasteiger partial charge in [-0.25, -0.2) is 8.78 Å². The number of nitrogens with one attached hydrogen (secondary N) is 2. The maximum atomic E-state index is 14.2. The maximum absolute atomic E-state index is 14.2.